The van der Waals surface area contributed by atoms with Crippen LogP contribution in [-0.2, 0) is 17.8 Å². The maximum Gasteiger partial charge on any atom is 0.267 e. The van der Waals surface area contributed by atoms with E-state index in [1.165, 1.54) is 25.4 Å². The summed E-state index contributed by atoms with van der Waals surface area (Å²) in [4.78, 5) is 14.3. The Bertz CT molecular complexity index is 1070. The fraction of sp³-hybridized carbons (Fsp3) is 0.348. The number of carbonyl (C=O) groups is 1. The van der Waals surface area contributed by atoms with Gasteiger partial charge in [0.05, 0.1) is 39.8 Å². The van der Waals surface area contributed by atoms with Gasteiger partial charge in [0, 0.05) is 12.5 Å². The van der Waals surface area contributed by atoms with Crippen molar-refractivity contribution < 1.29 is 23.0 Å². The van der Waals surface area contributed by atoms with Gasteiger partial charge >= 0.3 is 0 Å². The van der Waals surface area contributed by atoms with Crippen molar-refractivity contribution in [2.75, 3.05) is 20.8 Å². The van der Waals surface area contributed by atoms with Crippen molar-refractivity contribution in [3.63, 3.8) is 0 Å². The van der Waals surface area contributed by atoms with Gasteiger partial charge in [0.2, 0.25) is 5.91 Å². The lowest BCUT2D eigenvalue weighted by atomic mass is 10.1. The summed E-state index contributed by atoms with van der Waals surface area (Å²) in [6.45, 7) is -0.226. The van der Waals surface area contributed by atoms with Crippen LogP contribution in [0.15, 0.2) is 54.9 Å². The Labute approximate surface area is 184 Å². The molecule has 0 saturated carbocycles. The molecular weight excluding hydrogens is 418 g/mol. The monoisotopic (exact) mass is 442 g/mol. The Morgan fingerprint density at radius 3 is 2.44 bits per heavy atom. The van der Waals surface area contributed by atoms with E-state index in [0.29, 0.717) is 29.4 Å². The van der Waals surface area contributed by atoms with Crippen LogP contribution in [0.25, 0.3) is 0 Å². The van der Waals surface area contributed by atoms with Gasteiger partial charge in [-0.25, -0.2) is 8.78 Å². The molecule has 0 bridgehead atoms. The predicted octanol–water partition coefficient (Wildman–Crippen LogP) is 3.50. The molecule has 1 aromatic heterocycles. The van der Waals surface area contributed by atoms with Crippen molar-refractivity contribution in [1.29, 1.82) is 0 Å². The quantitative estimate of drug-likeness (QED) is 0.560. The smallest absolute Gasteiger partial charge is 0.267 e. The van der Waals surface area contributed by atoms with Gasteiger partial charge in [-0.1, -0.05) is 30.3 Å². The van der Waals surface area contributed by atoms with Crippen LogP contribution in [0.5, 0.6) is 11.5 Å². The minimum Gasteiger partial charge on any atom is -0.497 e. The second-order valence-electron chi connectivity index (χ2n) is 7.80. The molecule has 1 aliphatic heterocycles. The molecular formula is C23H24F2N4O3. The lowest BCUT2D eigenvalue weighted by Gasteiger charge is -2.24. The number of aromatic nitrogens is 3. The number of hydrogen-bond acceptors (Lipinski definition) is 5. The van der Waals surface area contributed by atoms with Gasteiger partial charge < -0.3 is 18.9 Å². The van der Waals surface area contributed by atoms with Crippen LogP contribution in [0.4, 0.5) is 8.78 Å². The number of rotatable bonds is 7. The minimum atomic E-state index is -3.00. The third-order valence-corrected chi connectivity index (χ3v) is 5.50. The molecule has 2 heterocycles. The molecule has 32 heavy (non-hydrogen) atoms. The van der Waals surface area contributed by atoms with E-state index in [4.69, 9.17) is 9.47 Å². The third kappa shape index (κ3) is 4.71. The van der Waals surface area contributed by atoms with E-state index in [2.05, 4.69) is 10.2 Å². The Morgan fingerprint density at radius 2 is 1.78 bits per heavy atom. The number of nitrogens with zero attached hydrogens (tertiary/aromatic N) is 4. The van der Waals surface area contributed by atoms with Crippen molar-refractivity contribution >= 4 is 5.91 Å². The summed E-state index contributed by atoms with van der Waals surface area (Å²) in [5.41, 5.74) is 1.60. The largest absolute Gasteiger partial charge is 0.497 e. The van der Waals surface area contributed by atoms with Crippen LogP contribution in [0.2, 0.25) is 0 Å². The van der Waals surface area contributed by atoms with Crippen LogP contribution >= 0.6 is 0 Å². The highest BCUT2D eigenvalue weighted by molar-refractivity contribution is 5.80. The fourth-order valence-electron chi connectivity index (χ4n) is 3.98. The standard InChI is InChI=1S/C23H24F2N4O3/c1-31-18-8-17(9-19(11-18)32-2)10-21(30)29-14-23(24,25)12-20(29)22-27-26-15-28(22)13-16-6-4-3-5-7-16/h3-9,11,15,20H,10,12-14H2,1-2H3/t20-/m0/s1. The summed E-state index contributed by atoms with van der Waals surface area (Å²) in [5.74, 6) is -2.02. The molecule has 3 aromatic rings. The molecule has 0 N–H and O–H groups in total. The van der Waals surface area contributed by atoms with Gasteiger partial charge in [-0.2, -0.15) is 0 Å². The summed E-state index contributed by atoms with van der Waals surface area (Å²) < 4.78 is 41.1. The lowest BCUT2D eigenvalue weighted by Crippen LogP contribution is -2.35. The van der Waals surface area contributed by atoms with E-state index in [1.54, 1.807) is 22.8 Å². The highest BCUT2D eigenvalue weighted by Gasteiger charge is 2.49. The van der Waals surface area contributed by atoms with Crippen molar-refractivity contribution in [2.45, 2.75) is 31.4 Å². The summed E-state index contributed by atoms with van der Waals surface area (Å²) in [6.07, 6.45) is 0.953. The molecule has 0 radical (unpaired) electrons. The first-order valence-corrected chi connectivity index (χ1v) is 10.2. The number of halogens is 2. The zero-order valence-electron chi connectivity index (χ0n) is 17.9. The molecule has 0 aliphatic carbocycles. The summed E-state index contributed by atoms with van der Waals surface area (Å²) >= 11 is 0. The molecule has 1 saturated heterocycles. The molecule has 1 amide bonds. The highest BCUT2D eigenvalue weighted by atomic mass is 19.3. The average Bonchev–Trinajstić information content (AvgIpc) is 3.37. The minimum absolute atomic E-state index is 0.0625. The van der Waals surface area contributed by atoms with Crippen molar-refractivity contribution in [2.24, 2.45) is 0 Å². The van der Waals surface area contributed by atoms with Crippen LogP contribution in [0.3, 0.4) is 0 Å². The van der Waals surface area contributed by atoms with E-state index >= 15 is 0 Å². The molecule has 1 aliphatic rings. The first kappa shape index (κ1) is 21.7. The number of likely N-dealkylation sites (tertiary alicyclic amines) is 1. The van der Waals surface area contributed by atoms with Gasteiger partial charge in [0.1, 0.15) is 17.8 Å². The van der Waals surface area contributed by atoms with E-state index in [-0.39, 0.29) is 6.42 Å². The maximum atomic E-state index is 14.4. The zero-order chi connectivity index (χ0) is 22.7. The first-order valence-electron chi connectivity index (χ1n) is 10.2. The first-order chi connectivity index (χ1) is 15.4. The van der Waals surface area contributed by atoms with Crippen molar-refractivity contribution in [3.8, 4) is 11.5 Å². The van der Waals surface area contributed by atoms with Gasteiger partial charge in [-0.3, -0.25) is 4.79 Å². The number of hydrogen-bond donors (Lipinski definition) is 0. The number of benzene rings is 2. The molecule has 9 heteroatoms. The summed E-state index contributed by atoms with van der Waals surface area (Å²) in [5, 5.41) is 8.03. The van der Waals surface area contributed by atoms with E-state index in [9.17, 15) is 13.6 Å². The van der Waals surface area contributed by atoms with Gasteiger partial charge in [-0.15, -0.1) is 10.2 Å². The molecule has 7 nitrogen and oxygen atoms in total. The van der Waals surface area contributed by atoms with Crippen LogP contribution in [-0.4, -0.2) is 52.3 Å². The van der Waals surface area contributed by atoms with Crippen LogP contribution in [0.1, 0.15) is 29.4 Å². The van der Waals surface area contributed by atoms with Crippen molar-refractivity contribution in [3.05, 3.63) is 71.8 Å². The van der Waals surface area contributed by atoms with Crippen molar-refractivity contribution in [1.82, 2.24) is 19.7 Å². The Morgan fingerprint density at radius 1 is 1.09 bits per heavy atom. The zero-order valence-corrected chi connectivity index (χ0v) is 17.9. The fourth-order valence-corrected chi connectivity index (χ4v) is 3.98. The predicted molar refractivity (Wildman–Crippen MR) is 113 cm³/mol. The topological polar surface area (TPSA) is 69.5 Å². The molecule has 4 rings (SSSR count). The Hall–Kier alpha value is -3.49. The van der Waals surface area contributed by atoms with E-state index in [1.807, 2.05) is 30.3 Å². The molecule has 1 fully saturated rings. The number of alkyl halides is 2. The Balaban J connectivity index is 1.59. The average molecular weight is 442 g/mol. The van der Waals surface area contributed by atoms with Gasteiger partial charge in [-0.05, 0) is 23.3 Å². The van der Waals surface area contributed by atoms with Gasteiger partial charge in [0.15, 0.2) is 5.82 Å². The molecule has 1 atom stereocenters. The van der Waals surface area contributed by atoms with E-state index < -0.39 is 30.8 Å². The number of methoxy groups -OCH3 is 2. The highest BCUT2D eigenvalue weighted by Crippen LogP contribution is 2.41. The van der Waals surface area contributed by atoms with E-state index in [0.717, 1.165) is 5.56 Å². The molecule has 2 aromatic carbocycles. The lowest BCUT2D eigenvalue weighted by molar-refractivity contribution is -0.132. The van der Waals surface area contributed by atoms with Crippen LogP contribution in [0, 0.1) is 0 Å². The third-order valence-electron chi connectivity index (χ3n) is 5.50. The van der Waals surface area contributed by atoms with Crippen LogP contribution < -0.4 is 9.47 Å². The molecule has 168 valence electrons. The molecule has 0 unspecified atom stereocenters. The second kappa shape index (κ2) is 8.94. The maximum absolute atomic E-state index is 14.4. The summed E-state index contributed by atoms with van der Waals surface area (Å²) in [6, 6.07) is 13.8. The molecule has 0 spiro atoms. The number of amides is 1. The number of carbonyl (C=O) groups excluding carboxylic acids is 1. The summed E-state index contributed by atoms with van der Waals surface area (Å²) in [7, 11) is 3.02. The number of ether oxygens (including phenoxy) is 2. The SMILES string of the molecule is COc1cc(CC(=O)N2CC(F)(F)C[C@H]2c2nncn2Cc2ccccc2)cc(OC)c1. The second-order valence-corrected chi connectivity index (χ2v) is 7.80. The normalized spacial score (nSPS) is 17.4. The van der Waals surface area contributed by atoms with Gasteiger partial charge in [0.25, 0.3) is 5.92 Å². The Kier molecular flexibility index (Phi) is 6.07.